The second kappa shape index (κ2) is 5.87. The molecule has 0 aliphatic rings. The van der Waals surface area contributed by atoms with Crippen LogP contribution in [0.2, 0.25) is 0 Å². The molecule has 0 aromatic carbocycles. The van der Waals surface area contributed by atoms with Crippen LogP contribution in [0.25, 0.3) is 10.8 Å². The number of carbonyl (C=O) groups excluding carboxylic acids is 1. The van der Waals surface area contributed by atoms with Crippen molar-refractivity contribution >= 4 is 23.2 Å². The van der Waals surface area contributed by atoms with Crippen LogP contribution < -0.4 is 0 Å². The fraction of sp³-hybridized carbons (Fsp3) is 0.308. The second-order valence-electron chi connectivity index (χ2n) is 4.43. The summed E-state index contributed by atoms with van der Waals surface area (Å²) >= 11 is 1.22. The van der Waals surface area contributed by atoms with Gasteiger partial charge in [-0.15, -0.1) is 11.3 Å². The molecular formula is C13H14N2O4S. The number of nitrogens with zero attached hydrogens (tertiary/aromatic N) is 2. The van der Waals surface area contributed by atoms with Gasteiger partial charge in [0, 0.05) is 13.6 Å². The van der Waals surface area contributed by atoms with Gasteiger partial charge in [0.2, 0.25) is 0 Å². The predicted octanol–water partition coefficient (Wildman–Crippen LogP) is 2.20. The number of thiazole rings is 1. The highest BCUT2D eigenvalue weighted by molar-refractivity contribution is 7.16. The van der Waals surface area contributed by atoms with Crippen molar-refractivity contribution < 1.29 is 19.1 Å². The molecule has 2 aromatic rings. The molecule has 7 heteroatoms. The number of carboxylic acids is 1. The van der Waals surface area contributed by atoms with E-state index in [0.717, 1.165) is 0 Å². The number of rotatable bonds is 5. The van der Waals surface area contributed by atoms with Gasteiger partial charge in [-0.25, -0.2) is 4.98 Å². The van der Waals surface area contributed by atoms with Gasteiger partial charge in [-0.2, -0.15) is 0 Å². The van der Waals surface area contributed by atoms with Crippen LogP contribution in [0.5, 0.6) is 0 Å². The standard InChI is InChI=1S/C13H14N2O4S/c1-8(13(17)18)7-15(2)12(16)10-6-14-11(20-10)9-4-3-5-19-9/h3-6,8H,7H2,1-2H3,(H,17,18). The normalized spacial score (nSPS) is 12.1. The molecule has 106 valence electrons. The van der Waals surface area contributed by atoms with Gasteiger partial charge >= 0.3 is 5.97 Å². The van der Waals surface area contributed by atoms with E-state index < -0.39 is 11.9 Å². The molecule has 2 aromatic heterocycles. The first kappa shape index (κ1) is 14.3. The van der Waals surface area contributed by atoms with Gasteiger partial charge in [0.1, 0.15) is 4.88 Å². The average Bonchev–Trinajstić information content (AvgIpc) is 3.07. The van der Waals surface area contributed by atoms with Crippen LogP contribution in [0.1, 0.15) is 16.6 Å². The maximum atomic E-state index is 12.2. The Hall–Kier alpha value is -2.15. The summed E-state index contributed by atoms with van der Waals surface area (Å²) < 4.78 is 5.21. The van der Waals surface area contributed by atoms with E-state index in [0.29, 0.717) is 15.6 Å². The number of hydrogen-bond donors (Lipinski definition) is 1. The lowest BCUT2D eigenvalue weighted by atomic mass is 10.2. The SMILES string of the molecule is CC(CN(C)C(=O)c1cnc(-c2ccco2)s1)C(=O)O. The highest BCUT2D eigenvalue weighted by Gasteiger charge is 2.20. The lowest BCUT2D eigenvalue weighted by molar-refractivity contribution is -0.141. The van der Waals surface area contributed by atoms with Crippen molar-refractivity contribution in [1.82, 2.24) is 9.88 Å². The summed E-state index contributed by atoms with van der Waals surface area (Å²) in [7, 11) is 1.58. The summed E-state index contributed by atoms with van der Waals surface area (Å²) in [4.78, 5) is 28.9. The fourth-order valence-electron chi connectivity index (χ4n) is 1.65. The number of aromatic nitrogens is 1. The maximum Gasteiger partial charge on any atom is 0.308 e. The number of aliphatic carboxylic acids is 1. The minimum atomic E-state index is -0.926. The summed E-state index contributed by atoms with van der Waals surface area (Å²) in [5.74, 6) is -1.17. The molecule has 0 saturated carbocycles. The van der Waals surface area contributed by atoms with Crippen molar-refractivity contribution in [2.45, 2.75) is 6.92 Å². The van der Waals surface area contributed by atoms with Crippen LogP contribution in [-0.4, -0.2) is 40.5 Å². The number of hydrogen-bond acceptors (Lipinski definition) is 5. The monoisotopic (exact) mass is 294 g/mol. The first-order chi connectivity index (χ1) is 9.49. The van der Waals surface area contributed by atoms with E-state index in [2.05, 4.69) is 4.98 Å². The third-order valence-corrected chi connectivity index (χ3v) is 3.76. The third-order valence-electron chi connectivity index (χ3n) is 2.76. The molecule has 0 spiro atoms. The lowest BCUT2D eigenvalue weighted by Crippen LogP contribution is -2.33. The van der Waals surface area contributed by atoms with Crippen LogP contribution >= 0.6 is 11.3 Å². The third kappa shape index (κ3) is 3.05. The van der Waals surface area contributed by atoms with Crippen LogP contribution in [0, 0.1) is 5.92 Å². The fourth-order valence-corrected chi connectivity index (χ4v) is 2.53. The van der Waals surface area contributed by atoms with Gasteiger partial charge in [-0.1, -0.05) is 6.92 Å². The molecule has 1 N–H and O–H groups in total. The van der Waals surface area contributed by atoms with Gasteiger partial charge in [-0.05, 0) is 12.1 Å². The van der Waals surface area contributed by atoms with Crippen LogP contribution in [-0.2, 0) is 4.79 Å². The Morgan fingerprint density at radius 2 is 2.30 bits per heavy atom. The maximum absolute atomic E-state index is 12.2. The van der Waals surface area contributed by atoms with Crippen molar-refractivity contribution in [1.29, 1.82) is 0 Å². The summed E-state index contributed by atoms with van der Waals surface area (Å²) in [6, 6.07) is 3.52. The van der Waals surface area contributed by atoms with Crippen LogP contribution in [0.4, 0.5) is 0 Å². The van der Waals surface area contributed by atoms with Crippen molar-refractivity contribution in [3.05, 3.63) is 29.5 Å². The zero-order chi connectivity index (χ0) is 14.7. The first-order valence-corrected chi connectivity index (χ1v) is 6.78. The molecular weight excluding hydrogens is 280 g/mol. The summed E-state index contributed by atoms with van der Waals surface area (Å²) in [6.07, 6.45) is 3.02. The molecule has 0 aliphatic carbocycles. The van der Waals surface area contributed by atoms with Gasteiger partial charge in [0.05, 0.1) is 18.4 Å². The smallest absolute Gasteiger partial charge is 0.308 e. The summed E-state index contributed by atoms with van der Waals surface area (Å²) in [5, 5.41) is 9.48. The molecule has 1 atom stereocenters. The largest absolute Gasteiger partial charge is 0.481 e. The summed E-state index contributed by atoms with van der Waals surface area (Å²) in [5.41, 5.74) is 0. The molecule has 0 aliphatic heterocycles. The van der Waals surface area contributed by atoms with Gasteiger partial charge in [-0.3, -0.25) is 9.59 Å². The van der Waals surface area contributed by atoms with Crippen LogP contribution in [0.15, 0.2) is 29.0 Å². The van der Waals surface area contributed by atoms with Crippen LogP contribution in [0.3, 0.4) is 0 Å². The Morgan fingerprint density at radius 3 is 2.90 bits per heavy atom. The quantitative estimate of drug-likeness (QED) is 0.914. The van der Waals surface area contributed by atoms with E-state index >= 15 is 0 Å². The number of carboxylic acid groups (broad SMARTS) is 1. The molecule has 0 saturated heterocycles. The molecule has 0 fully saturated rings. The van der Waals surface area contributed by atoms with E-state index in [1.54, 1.807) is 32.4 Å². The average molecular weight is 294 g/mol. The Balaban J connectivity index is 2.08. The zero-order valence-electron chi connectivity index (χ0n) is 11.1. The molecule has 1 amide bonds. The Kier molecular flexibility index (Phi) is 4.19. The van der Waals surface area contributed by atoms with Gasteiger partial charge < -0.3 is 14.4 Å². The molecule has 2 heterocycles. The van der Waals surface area contributed by atoms with E-state index in [1.807, 2.05) is 0 Å². The summed E-state index contributed by atoms with van der Waals surface area (Å²) in [6.45, 7) is 1.72. The Morgan fingerprint density at radius 1 is 1.55 bits per heavy atom. The lowest BCUT2D eigenvalue weighted by Gasteiger charge is -2.18. The van der Waals surface area contributed by atoms with Crippen molar-refractivity contribution in [2.24, 2.45) is 5.92 Å². The van der Waals surface area contributed by atoms with Crippen molar-refractivity contribution in [2.75, 3.05) is 13.6 Å². The molecule has 0 bridgehead atoms. The van der Waals surface area contributed by atoms with E-state index in [4.69, 9.17) is 9.52 Å². The molecule has 0 radical (unpaired) electrons. The van der Waals surface area contributed by atoms with Crippen molar-refractivity contribution in [3.8, 4) is 10.8 Å². The molecule has 20 heavy (non-hydrogen) atoms. The highest BCUT2D eigenvalue weighted by atomic mass is 32.1. The minimum absolute atomic E-state index is 0.155. The number of amides is 1. The minimum Gasteiger partial charge on any atom is -0.481 e. The zero-order valence-corrected chi connectivity index (χ0v) is 11.9. The molecule has 6 nitrogen and oxygen atoms in total. The molecule has 2 rings (SSSR count). The topological polar surface area (TPSA) is 83.6 Å². The van der Waals surface area contributed by atoms with E-state index in [1.165, 1.54) is 22.4 Å². The van der Waals surface area contributed by atoms with Crippen molar-refractivity contribution in [3.63, 3.8) is 0 Å². The first-order valence-electron chi connectivity index (χ1n) is 5.97. The Labute approximate surface area is 119 Å². The van der Waals surface area contributed by atoms with Gasteiger partial charge in [0.15, 0.2) is 10.8 Å². The van der Waals surface area contributed by atoms with Gasteiger partial charge in [0.25, 0.3) is 5.91 Å². The second-order valence-corrected chi connectivity index (χ2v) is 5.46. The predicted molar refractivity (Wildman–Crippen MR) is 73.6 cm³/mol. The Bertz CT molecular complexity index is 606. The number of carbonyl (C=O) groups is 2. The number of furan rings is 1. The highest BCUT2D eigenvalue weighted by Crippen LogP contribution is 2.26. The van der Waals surface area contributed by atoms with E-state index in [9.17, 15) is 9.59 Å². The molecule has 1 unspecified atom stereocenters. The van der Waals surface area contributed by atoms with E-state index in [-0.39, 0.29) is 12.5 Å².